The zero-order chi connectivity index (χ0) is 19.8. The number of ketones is 1. The molecule has 2 aliphatic heterocycles. The van der Waals surface area contributed by atoms with Crippen LogP contribution in [-0.4, -0.2) is 42.9 Å². The predicted molar refractivity (Wildman–Crippen MR) is 106 cm³/mol. The minimum absolute atomic E-state index is 0.0158. The summed E-state index contributed by atoms with van der Waals surface area (Å²) in [6.45, 7) is 3.77. The van der Waals surface area contributed by atoms with Crippen molar-refractivity contribution in [2.24, 2.45) is 0 Å². The van der Waals surface area contributed by atoms with Gasteiger partial charge in [-0.15, -0.1) is 0 Å². The molecular weight excluding hydrogens is 427 g/mol. The van der Waals surface area contributed by atoms with Gasteiger partial charge in [0.2, 0.25) is 0 Å². The maximum Gasteiger partial charge on any atom is 0.252 e. The van der Waals surface area contributed by atoms with Crippen molar-refractivity contribution in [1.82, 2.24) is 10.2 Å². The third-order valence-corrected chi connectivity index (χ3v) is 6.07. The van der Waals surface area contributed by atoms with Gasteiger partial charge in [-0.25, -0.2) is 4.39 Å². The van der Waals surface area contributed by atoms with Crippen molar-refractivity contribution in [2.45, 2.75) is 32.1 Å². The zero-order valence-corrected chi connectivity index (χ0v) is 17.3. The standard InChI is InChI=1S/C21H22BrFN2O3/c1-12-18(21(27)25-7-9-28-10-8-25)19(14-11-13(22)5-6-15(14)23)20-16(24-12)3-2-4-17(20)26/h5-6,11,19,24H,2-4,7-10H2,1H3/t19-/m1/s1. The molecule has 1 saturated heterocycles. The predicted octanol–water partition coefficient (Wildman–Crippen LogP) is 3.41. The Morgan fingerprint density at radius 2 is 2.04 bits per heavy atom. The summed E-state index contributed by atoms with van der Waals surface area (Å²) >= 11 is 3.40. The summed E-state index contributed by atoms with van der Waals surface area (Å²) < 4.78 is 21.0. The Morgan fingerprint density at radius 3 is 2.79 bits per heavy atom. The molecule has 1 aromatic carbocycles. The van der Waals surface area contributed by atoms with Crippen molar-refractivity contribution < 1.29 is 18.7 Å². The molecule has 5 nitrogen and oxygen atoms in total. The van der Waals surface area contributed by atoms with Gasteiger partial charge >= 0.3 is 0 Å². The lowest BCUT2D eigenvalue weighted by Crippen LogP contribution is -2.45. The lowest BCUT2D eigenvalue weighted by molar-refractivity contribution is -0.131. The van der Waals surface area contributed by atoms with Crippen LogP contribution in [0.25, 0.3) is 0 Å². The molecule has 0 saturated carbocycles. The Morgan fingerprint density at radius 1 is 1.29 bits per heavy atom. The van der Waals surface area contributed by atoms with Gasteiger partial charge in [0.05, 0.1) is 13.2 Å². The Balaban J connectivity index is 1.86. The number of dihydropyridines is 1. The van der Waals surface area contributed by atoms with Crippen LogP contribution in [0.3, 0.4) is 0 Å². The summed E-state index contributed by atoms with van der Waals surface area (Å²) in [5.41, 5.74) is 2.85. The molecule has 1 atom stereocenters. The SMILES string of the molecule is CC1=C(C(=O)N2CCOCC2)[C@@H](c2cc(Br)ccc2F)C2=C(CCCC2=O)N1. The van der Waals surface area contributed by atoms with E-state index in [1.807, 2.05) is 6.92 Å². The average molecular weight is 449 g/mol. The van der Waals surface area contributed by atoms with Gasteiger partial charge in [0.1, 0.15) is 5.82 Å². The largest absolute Gasteiger partial charge is 0.378 e. The van der Waals surface area contributed by atoms with Gasteiger partial charge in [-0.1, -0.05) is 15.9 Å². The fraction of sp³-hybridized carbons (Fsp3) is 0.429. The van der Waals surface area contributed by atoms with E-state index in [4.69, 9.17) is 4.74 Å². The number of Topliss-reactive ketones (excluding diaryl/α,β-unsaturated/α-hetero) is 1. The van der Waals surface area contributed by atoms with Gasteiger partial charge in [-0.2, -0.15) is 0 Å². The lowest BCUT2D eigenvalue weighted by atomic mass is 9.74. The number of ether oxygens (including phenoxy) is 1. The Kier molecular flexibility index (Phi) is 5.38. The highest BCUT2D eigenvalue weighted by molar-refractivity contribution is 9.10. The molecule has 148 valence electrons. The molecule has 0 aromatic heterocycles. The second kappa shape index (κ2) is 7.79. The topological polar surface area (TPSA) is 58.6 Å². The van der Waals surface area contributed by atoms with Gasteiger partial charge in [0, 0.05) is 58.0 Å². The molecule has 0 spiro atoms. The third kappa shape index (κ3) is 3.42. The van der Waals surface area contributed by atoms with Crippen LogP contribution in [0, 0.1) is 5.82 Å². The third-order valence-electron chi connectivity index (χ3n) is 5.57. The number of allylic oxidation sites excluding steroid dienone is 3. The molecule has 4 rings (SSSR count). The lowest BCUT2D eigenvalue weighted by Gasteiger charge is -2.37. The first-order valence-corrected chi connectivity index (χ1v) is 10.3. The molecule has 7 heteroatoms. The molecule has 0 radical (unpaired) electrons. The molecule has 0 bridgehead atoms. The van der Waals surface area contributed by atoms with E-state index in [1.54, 1.807) is 17.0 Å². The molecule has 1 fully saturated rings. The first-order valence-electron chi connectivity index (χ1n) is 9.53. The monoisotopic (exact) mass is 448 g/mol. The summed E-state index contributed by atoms with van der Waals surface area (Å²) in [6, 6.07) is 4.68. The summed E-state index contributed by atoms with van der Waals surface area (Å²) in [4.78, 5) is 28.0. The number of benzene rings is 1. The van der Waals surface area contributed by atoms with E-state index >= 15 is 0 Å². The van der Waals surface area contributed by atoms with Gasteiger partial charge in [0.15, 0.2) is 5.78 Å². The minimum Gasteiger partial charge on any atom is -0.378 e. The molecule has 1 aromatic rings. The number of halogens is 2. The molecule has 1 aliphatic carbocycles. The van der Waals surface area contributed by atoms with Crippen molar-refractivity contribution in [3.05, 3.63) is 56.6 Å². The number of amides is 1. The maximum absolute atomic E-state index is 14.9. The van der Waals surface area contributed by atoms with Crippen molar-refractivity contribution >= 4 is 27.6 Å². The molecule has 28 heavy (non-hydrogen) atoms. The van der Waals surface area contributed by atoms with Crippen LogP contribution in [0.2, 0.25) is 0 Å². The van der Waals surface area contributed by atoms with Crippen LogP contribution in [0.15, 0.2) is 45.2 Å². The summed E-state index contributed by atoms with van der Waals surface area (Å²) in [7, 11) is 0. The Bertz CT molecular complexity index is 903. The van der Waals surface area contributed by atoms with Crippen LogP contribution in [-0.2, 0) is 14.3 Å². The van der Waals surface area contributed by atoms with Crippen molar-refractivity contribution in [1.29, 1.82) is 0 Å². The van der Waals surface area contributed by atoms with E-state index in [0.717, 1.165) is 18.5 Å². The average Bonchev–Trinajstić information content (AvgIpc) is 2.69. The van der Waals surface area contributed by atoms with E-state index in [1.165, 1.54) is 6.07 Å². The number of rotatable bonds is 2. The molecular formula is C21H22BrFN2O3. The quantitative estimate of drug-likeness (QED) is 0.752. The normalized spacial score (nSPS) is 22.9. The van der Waals surface area contributed by atoms with E-state index < -0.39 is 11.7 Å². The van der Waals surface area contributed by atoms with Crippen molar-refractivity contribution in [3.8, 4) is 0 Å². The molecule has 1 amide bonds. The highest BCUT2D eigenvalue weighted by Gasteiger charge is 2.41. The maximum atomic E-state index is 14.9. The second-order valence-electron chi connectivity index (χ2n) is 7.34. The smallest absolute Gasteiger partial charge is 0.252 e. The van der Waals surface area contributed by atoms with Gasteiger partial charge in [0.25, 0.3) is 5.91 Å². The molecule has 3 aliphatic rings. The first kappa shape index (κ1) is 19.3. The van der Waals surface area contributed by atoms with Crippen LogP contribution in [0.1, 0.15) is 37.7 Å². The number of morpholine rings is 1. The number of hydrogen-bond acceptors (Lipinski definition) is 4. The van der Waals surface area contributed by atoms with Gasteiger partial charge in [-0.3, -0.25) is 9.59 Å². The van der Waals surface area contributed by atoms with Crippen molar-refractivity contribution in [3.63, 3.8) is 0 Å². The number of nitrogens with zero attached hydrogens (tertiary/aromatic N) is 1. The number of hydrogen-bond donors (Lipinski definition) is 1. The first-order chi connectivity index (χ1) is 13.5. The summed E-state index contributed by atoms with van der Waals surface area (Å²) in [6.07, 6.45) is 1.91. The van der Waals surface area contributed by atoms with Crippen LogP contribution in [0.4, 0.5) is 4.39 Å². The van der Waals surface area contributed by atoms with Crippen LogP contribution >= 0.6 is 15.9 Å². The fourth-order valence-electron chi connectivity index (χ4n) is 4.25. The zero-order valence-electron chi connectivity index (χ0n) is 15.7. The molecule has 0 unspecified atom stereocenters. The number of carbonyl (C=O) groups is 2. The Labute approximate surface area is 171 Å². The summed E-state index contributed by atoms with van der Waals surface area (Å²) in [5, 5.41) is 3.28. The van der Waals surface area contributed by atoms with E-state index in [2.05, 4.69) is 21.2 Å². The van der Waals surface area contributed by atoms with E-state index in [0.29, 0.717) is 59.6 Å². The van der Waals surface area contributed by atoms with E-state index in [-0.39, 0.29) is 11.7 Å². The minimum atomic E-state index is -0.697. The van der Waals surface area contributed by atoms with Gasteiger partial charge < -0.3 is 15.0 Å². The molecule has 1 N–H and O–H groups in total. The highest BCUT2D eigenvalue weighted by Crippen LogP contribution is 2.44. The van der Waals surface area contributed by atoms with Crippen LogP contribution < -0.4 is 5.32 Å². The van der Waals surface area contributed by atoms with Crippen LogP contribution in [0.5, 0.6) is 0 Å². The summed E-state index contributed by atoms with van der Waals surface area (Å²) in [5.74, 6) is -1.29. The Hall–Kier alpha value is -1.99. The number of carbonyl (C=O) groups excluding carboxylic acids is 2. The second-order valence-corrected chi connectivity index (χ2v) is 8.25. The van der Waals surface area contributed by atoms with Gasteiger partial charge in [-0.05, 0) is 38.0 Å². The van der Waals surface area contributed by atoms with Crippen molar-refractivity contribution in [2.75, 3.05) is 26.3 Å². The highest BCUT2D eigenvalue weighted by atomic mass is 79.9. The molecule has 2 heterocycles. The fourth-order valence-corrected chi connectivity index (χ4v) is 4.63. The van der Waals surface area contributed by atoms with E-state index in [9.17, 15) is 14.0 Å². The number of nitrogens with one attached hydrogen (secondary N) is 1.